The molecular formula is C10H15BrN4O. The summed E-state index contributed by atoms with van der Waals surface area (Å²) in [5, 5.41) is 9.40. The van der Waals surface area contributed by atoms with Crippen LogP contribution in [0.3, 0.4) is 0 Å². The monoisotopic (exact) mass is 286 g/mol. The Morgan fingerprint density at radius 3 is 3.25 bits per heavy atom. The van der Waals surface area contributed by atoms with Crippen molar-refractivity contribution in [2.45, 2.75) is 6.42 Å². The maximum atomic E-state index is 11.3. The molecule has 88 valence electrons. The van der Waals surface area contributed by atoms with Crippen LogP contribution in [0.25, 0.3) is 0 Å². The zero-order valence-corrected chi connectivity index (χ0v) is 10.7. The Kier molecular flexibility index (Phi) is 3.60. The van der Waals surface area contributed by atoms with Crippen molar-refractivity contribution in [1.82, 2.24) is 15.1 Å². The van der Waals surface area contributed by atoms with E-state index in [0.717, 1.165) is 25.3 Å². The Labute approximate surface area is 102 Å². The van der Waals surface area contributed by atoms with Gasteiger partial charge in [-0.1, -0.05) is 0 Å². The van der Waals surface area contributed by atoms with Crippen LogP contribution in [-0.4, -0.2) is 41.8 Å². The van der Waals surface area contributed by atoms with Crippen LogP contribution >= 0.6 is 15.9 Å². The van der Waals surface area contributed by atoms with Crippen molar-refractivity contribution < 1.29 is 0 Å². The minimum Gasteiger partial charge on any atom is -0.382 e. The first-order valence-electron chi connectivity index (χ1n) is 5.32. The number of H-pyrrole nitrogens is 1. The van der Waals surface area contributed by atoms with Gasteiger partial charge in [-0.15, -0.1) is 0 Å². The second-order valence-corrected chi connectivity index (χ2v) is 5.02. The summed E-state index contributed by atoms with van der Waals surface area (Å²) in [6.45, 7) is 3.15. The summed E-state index contributed by atoms with van der Waals surface area (Å²) in [6.07, 6.45) is 2.84. The van der Waals surface area contributed by atoms with Gasteiger partial charge in [-0.05, 0) is 41.9 Å². The van der Waals surface area contributed by atoms with Crippen molar-refractivity contribution in [2.75, 3.05) is 32.0 Å². The number of aromatic amines is 1. The minimum absolute atomic E-state index is 0.200. The number of nitrogens with one attached hydrogen (secondary N) is 2. The summed E-state index contributed by atoms with van der Waals surface area (Å²) >= 11 is 3.24. The van der Waals surface area contributed by atoms with Crippen molar-refractivity contribution >= 4 is 21.6 Å². The zero-order valence-electron chi connectivity index (χ0n) is 9.16. The summed E-state index contributed by atoms with van der Waals surface area (Å²) in [5.41, 5.74) is 0.562. The molecule has 16 heavy (non-hydrogen) atoms. The molecular weight excluding hydrogens is 272 g/mol. The molecule has 1 aromatic heterocycles. The number of likely N-dealkylation sites (tertiary alicyclic amines) is 1. The van der Waals surface area contributed by atoms with Crippen LogP contribution in [0.15, 0.2) is 15.5 Å². The SMILES string of the molecule is CN1CCC(CNc2cn[nH]c(=O)c2Br)C1. The quantitative estimate of drug-likeness (QED) is 0.867. The molecule has 1 unspecified atom stereocenters. The highest BCUT2D eigenvalue weighted by molar-refractivity contribution is 9.10. The van der Waals surface area contributed by atoms with E-state index in [1.807, 2.05) is 0 Å². The van der Waals surface area contributed by atoms with Crippen LogP contribution in [0, 0.1) is 5.92 Å². The molecule has 2 N–H and O–H groups in total. The van der Waals surface area contributed by atoms with Gasteiger partial charge in [0.15, 0.2) is 0 Å². The van der Waals surface area contributed by atoms with Gasteiger partial charge < -0.3 is 10.2 Å². The Bertz CT molecular complexity index is 420. The van der Waals surface area contributed by atoms with E-state index >= 15 is 0 Å². The molecule has 0 aliphatic carbocycles. The van der Waals surface area contributed by atoms with Gasteiger partial charge in [-0.2, -0.15) is 5.10 Å². The molecule has 6 heteroatoms. The predicted molar refractivity (Wildman–Crippen MR) is 66.7 cm³/mol. The Balaban J connectivity index is 1.95. The van der Waals surface area contributed by atoms with E-state index in [9.17, 15) is 4.79 Å². The fraction of sp³-hybridized carbons (Fsp3) is 0.600. The van der Waals surface area contributed by atoms with E-state index in [1.165, 1.54) is 6.42 Å². The highest BCUT2D eigenvalue weighted by atomic mass is 79.9. The molecule has 5 nitrogen and oxygen atoms in total. The lowest BCUT2D eigenvalue weighted by molar-refractivity contribution is 0.399. The van der Waals surface area contributed by atoms with Gasteiger partial charge in [0.25, 0.3) is 5.56 Å². The molecule has 0 saturated carbocycles. The molecule has 0 aromatic carbocycles. The normalized spacial score (nSPS) is 21.2. The van der Waals surface area contributed by atoms with E-state index in [1.54, 1.807) is 6.20 Å². The number of halogens is 1. The van der Waals surface area contributed by atoms with Gasteiger partial charge in [0.2, 0.25) is 0 Å². The van der Waals surface area contributed by atoms with Gasteiger partial charge in [0.1, 0.15) is 4.47 Å². The third kappa shape index (κ3) is 2.62. The summed E-state index contributed by atoms with van der Waals surface area (Å²) < 4.78 is 0.522. The fourth-order valence-corrected chi connectivity index (χ4v) is 2.29. The van der Waals surface area contributed by atoms with Crippen LogP contribution in [0.5, 0.6) is 0 Å². The van der Waals surface area contributed by atoms with Crippen molar-refractivity contribution in [2.24, 2.45) is 5.92 Å². The highest BCUT2D eigenvalue weighted by Crippen LogP contribution is 2.18. The van der Waals surface area contributed by atoms with Gasteiger partial charge in [0, 0.05) is 13.1 Å². The fourth-order valence-electron chi connectivity index (χ4n) is 1.95. The second kappa shape index (κ2) is 4.97. The summed E-state index contributed by atoms with van der Waals surface area (Å²) in [6, 6.07) is 0. The van der Waals surface area contributed by atoms with Crippen LogP contribution in [-0.2, 0) is 0 Å². The maximum absolute atomic E-state index is 11.3. The predicted octanol–water partition coefficient (Wildman–Crippen LogP) is 0.896. The summed E-state index contributed by atoms with van der Waals surface area (Å²) in [4.78, 5) is 13.6. The molecule has 1 atom stereocenters. The Hall–Kier alpha value is -0.880. The van der Waals surface area contributed by atoms with Crippen LogP contribution < -0.4 is 10.9 Å². The number of aromatic nitrogens is 2. The molecule has 0 radical (unpaired) electrons. The Morgan fingerprint density at radius 2 is 2.56 bits per heavy atom. The molecule has 0 bridgehead atoms. The first-order valence-corrected chi connectivity index (χ1v) is 6.11. The largest absolute Gasteiger partial charge is 0.382 e. The molecule has 1 aliphatic heterocycles. The average Bonchev–Trinajstić information content (AvgIpc) is 2.67. The zero-order chi connectivity index (χ0) is 11.5. The number of hydrogen-bond acceptors (Lipinski definition) is 4. The molecule has 0 spiro atoms. The van der Waals surface area contributed by atoms with Gasteiger partial charge in [-0.3, -0.25) is 4.79 Å². The van der Waals surface area contributed by atoms with E-state index in [0.29, 0.717) is 10.4 Å². The third-order valence-electron chi connectivity index (χ3n) is 2.87. The van der Waals surface area contributed by atoms with E-state index in [-0.39, 0.29) is 5.56 Å². The van der Waals surface area contributed by atoms with Crippen molar-refractivity contribution in [3.63, 3.8) is 0 Å². The van der Waals surface area contributed by atoms with Gasteiger partial charge >= 0.3 is 0 Å². The smallest absolute Gasteiger partial charge is 0.280 e. The van der Waals surface area contributed by atoms with Crippen LogP contribution in [0.1, 0.15) is 6.42 Å². The minimum atomic E-state index is -0.200. The molecule has 0 amide bonds. The number of nitrogens with zero attached hydrogens (tertiary/aromatic N) is 2. The molecule has 1 fully saturated rings. The van der Waals surface area contributed by atoms with Crippen LogP contribution in [0.4, 0.5) is 5.69 Å². The first kappa shape index (κ1) is 11.6. The van der Waals surface area contributed by atoms with Crippen molar-refractivity contribution in [3.8, 4) is 0 Å². The molecule has 2 heterocycles. The van der Waals surface area contributed by atoms with Gasteiger partial charge in [0.05, 0.1) is 11.9 Å². The lowest BCUT2D eigenvalue weighted by Gasteiger charge is -2.12. The summed E-state index contributed by atoms with van der Waals surface area (Å²) in [5.74, 6) is 0.649. The number of rotatable bonds is 3. The Morgan fingerprint density at radius 1 is 1.75 bits per heavy atom. The van der Waals surface area contributed by atoms with Gasteiger partial charge in [-0.25, -0.2) is 5.10 Å². The van der Waals surface area contributed by atoms with E-state index in [2.05, 4.69) is 43.4 Å². The average molecular weight is 287 g/mol. The lowest BCUT2D eigenvalue weighted by atomic mass is 10.1. The van der Waals surface area contributed by atoms with Crippen molar-refractivity contribution in [1.29, 1.82) is 0 Å². The summed E-state index contributed by atoms with van der Waals surface area (Å²) in [7, 11) is 2.13. The standard InChI is InChI=1S/C10H15BrN4O/c1-15-3-2-7(6-15)4-12-8-5-13-14-10(16)9(8)11/h5,7H,2-4,6H2,1H3,(H2,12,14,16). The lowest BCUT2D eigenvalue weighted by Crippen LogP contribution is -2.20. The number of anilines is 1. The van der Waals surface area contributed by atoms with E-state index < -0.39 is 0 Å². The maximum Gasteiger partial charge on any atom is 0.280 e. The molecule has 1 aromatic rings. The number of hydrogen-bond donors (Lipinski definition) is 2. The van der Waals surface area contributed by atoms with Crippen molar-refractivity contribution in [3.05, 3.63) is 21.0 Å². The second-order valence-electron chi connectivity index (χ2n) is 4.22. The molecule has 2 rings (SSSR count). The van der Waals surface area contributed by atoms with Crippen LogP contribution in [0.2, 0.25) is 0 Å². The van der Waals surface area contributed by atoms with E-state index in [4.69, 9.17) is 0 Å². The molecule has 1 saturated heterocycles. The topological polar surface area (TPSA) is 61.0 Å². The first-order chi connectivity index (χ1) is 7.66. The third-order valence-corrected chi connectivity index (χ3v) is 3.65. The molecule has 1 aliphatic rings. The highest BCUT2D eigenvalue weighted by Gasteiger charge is 2.19.